The third-order valence-corrected chi connectivity index (χ3v) is 4.90. The van der Waals surface area contributed by atoms with Crippen molar-refractivity contribution in [2.75, 3.05) is 19.7 Å². The highest BCUT2D eigenvalue weighted by molar-refractivity contribution is 6.09. The molecule has 136 valence electrons. The van der Waals surface area contributed by atoms with Gasteiger partial charge in [-0.2, -0.15) is 0 Å². The SMILES string of the molecule is CC(C)OCCCNC(=O)CN1C(=O)N[C@]2(CCCC[C@@H]2C)C1=O. The van der Waals surface area contributed by atoms with Crippen LogP contribution in [0, 0.1) is 5.92 Å². The van der Waals surface area contributed by atoms with Crippen LogP contribution in [0.25, 0.3) is 0 Å². The summed E-state index contributed by atoms with van der Waals surface area (Å²) in [5.74, 6) is -0.467. The number of carbonyl (C=O) groups is 3. The number of urea groups is 1. The standard InChI is InChI=1S/C17H29N3O4/c1-12(2)24-10-6-9-18-14(21)11-20-15(22)17(19-16(20)23)8-5-4-7-13(17)3/h12-13H,4-11H2,1-3H3,(H,18,21)(H,19,23)/t13-,17-/m0/s1. The number of nitrogens with zero attached hydrogens (tertiary/aromatic N) is 1. The Labute approximate surface area is 143 Å². The fourth-order valence-electron chi connectivity index (χ4n) is 3.46. The lowest BCUT2D eigenvalue weighted by Crippen LogP contribution is -2.54. The van der Waals surface area contributed by atoms with Crippen LogP contribution in [-0.2, 0) is 14.3 Å². The number of imide groups is 1. The van der Waals surface area contributed by atoms with Crippen molar-refractivity contribution in [3.8, 4) is 0 Å². The molecule has 0 aromatic heterocycles. The van der Waals surface area contributed by atoms with Gasteiger partial charge in [0, 0.05) is 13.2 Å². The molecule has 1 aliphatic heterocycles. The predicted octanol–water partition coefficient (Wildman–Crippen LogP) is 1.42. The van der Waals surface area contributed by atoms with Crippen LogP contribution in [0.3, 0.4) is 0 Å². The third-order valence-electron chi connectivity index (χ3n) is 4.90. The number of carbonyl (C=O) groups excluding carboxylic acids is 3. The summed E-state index contributed by atoms with van der Waals surface area (Å²) in [5.41, 5.74) is -0.805. The minimum Gasteiger partial charge on any atom is -0.379 e. The van der Waals surface area contributed by atoms with Gasteiger partial charge in [-0.3, -0.25) is 14.5 Å². The van der Waals surface area contributed by atoms with E-state index in [0.717, 1.165) is 24.2 Å². The number of hydrogen-bond acceptors (Lipinski definition) is 4. The summed E-state index contributed by atoms with van der Waals surface area (Å²) in [7, 11) is 0. The summed E-state index contributed by atoms with van der Waals surface area (Å²) in [5, 5.41) is 5.58. The van der Waals surface area contributed by atoms with Crippen LogP contribution >= 0.6 is 0 Å². The largest absolute Gasteiger partial charge is 0.379 e. The van der Waals surface area contributed by atoms with Crippen LogP contribution in [0.1, 0.15) is 52.9 Å². The van der Waals surface area contributed by atoms with Crippen molar-refractivity contribution in [3.63, 3.8) is 0 Å². The fourth-order valence-corrected chi connectivity index (χ4v) is 3.46. The minimum absolute atomic E-state index is 0.101. The van der Waals surface area contributed by atoms with Crippen molar-refractivity contribution < 1.29 is 19.1 Å². The first-order valence-corrected chi connectivity index (χ1v) is 8.89. The summed E-state index contributed by atoms with van der Waals surface area (Å²) in [6, 6.07) is -0.452. The van der Waals surface area contributed by atoms with Crippen molar-refractivity contribution >= 4 is 17.8 Å². The molecule has 1 saturated carbocycles. The molecule has 0 aromatic carbocycles. The first kappa shape index (κ1) is 18.7. The lowest BCUT2D eigenvalue weighted by atomic mass is 9.73. The van der Waals surface area contributed by atoms with Crippen molar-refractivity contribution in [1.29, 1.82) is 0 Å². The average molecular weight is 339 g/mol. The molecule has 4 amide bonds. The van der Waals surface area contributed by atoms with E-state index in [-0.39, 0.29) is 30.4 Å². The summed E-state index contributed by atoms with van der Waals surface area (Å²) in [6.45, 7) is 6.73. The van der Waals surface area contributed by atoms with Crippen LogP contribution in [0.4, 0.5) is 4.79 Å². The Bertz CT molecular complexity index is 494. The lowest BCUT2D eigenvalue weighted by Gasteiger charge is -2.36. The zero-order valence-electron chi connectivity index (χ0n) is 14.9. The molecule has 1 heterocycles. The highest BCUT2D eigenvalue weighted by atomic mass is 16.5. The van der Waals surface area contributed by atoms with Gasteiger partial charge in [-0.25, -0.2) is 4.79 Å². The number of amides is 4. The van der Waals surface area contributed by atoms with Crippen LogP contribution in [0.15, 0.2) is 0 Å². The second kappa shape index (κ2) is 7.96. The predicted molar refractivity (Wildman–Crippen MR) is 89.3 cm³/mol. The molecule has 1 saturated heterocycles. The van der Waals surface area contributed by atoms with Crippen LogP contribution in [-0.4, -0.2) is 54.1 Å². The van der Waals surface area contributed by atoms with Gasteiger partial charge in [-0.15, -0.1) is 0 Å². The Morgan fingerprint density at radius 3 is 2.83 bits per heavy atom. The van der Waals surface area contributed by atoms with Crippen molar-refractivity contribution in [1.82, 2.24) is 15.5 Å². The Hall–Kier alpha value is -1.63. The first-order valence-electron chi connectivity index (χ1n) is 8.89. The molecule has 24 heavy (non-hydrogen) atoms. The van der Waals surface area contributed by atoms with Gasteiger partial charge in [-0.05, 0) is 39.0 Å². The van der Waals surface area contributed by atoms with E-state index in [1.54, 1.807) is 0 Å². The van der Waals surface area contributed by atoms with Crippen molar-refractivity contribution in [2.24, 2.45) is 5.92 Å². The van der Waals surface area contributed by atoms with E-state index in [2.05, 4.69) is 10.6 Å². The van der Waals surface area contributed by atoms with E-state index in [4.69, 9.17) is 4.74 Å². The maximum atomic E-state index is 12.7. The minimum atomic E-state index is -0.805. The van der Waals surface area contributed by atoms with Crippen molar-refractivity contribution in [2.45, 2.75) is 64.5 Å². The normalized spacial score (nSPS) is 27.0. The molecule has 1 aliphatic carbocycles. The van der Waals surface area contributed by atoms with Crippen LogP contribution in [0.2, 0.25) is 0 Å². The van der Waals surface area contributed by atoms with E-state index in [0.29, 0.717) is 26.0 Å². The van der Waals surface area contributed by atoms with E-state index in [9.17, 15) is 14.4 Å². The molecule has 2 fully saturated rings. The quantitative estimate of drug-likeness (QED) is 0.542. The highest BCUT2D eigenvalue weighted by Crippen LogP contribution is 2.38. The molecule has 0 bridgehead atoms. The fraction of sp³-hybridized carbons (Fsp3) is 0.824. The van der Waals surface area contributed by atoms with Crippen LogP contribution < -0.4 is 10.6 Å². The molecule has 2 N–H and O–H groups in total. The third kappa shape index (κ3) is 4.06. The van der Waals surface area contributed by atoms with Gasteiger partial charge in [0.1, 0.15) is 12.1 Å². The first-order chi connectivity index (χ1) is 11.4. The highest BCUT2D eigenvalue weighted by Gasteiger charge is 2.55. The second-order valence-corrected chi connectivity index (χ2v) is 7.06. The molecule has 2 rings (SSSR count). The molecular formula is C17H29N3O4. The van der Waals surface area contributed by atoms with Gasteiger partial charge in [-0.1, -0.05) is 19.8 Å². The van der Waals surface area contributed by atoms with E-state index >= 15 is 0 Å². The number of nitrogens with one attached hydrogen (secondary N) is 2. The zero-order chi connectivity index (χ0) is 17.7. The van der Waals surface area contributed by atoms with Gasteiger partial charge >= 0.3 is 6.03 Å². The summed E-state index contributed by atoms with van der Waals surface area (Å²) in [4.78, 5) is 38.0. The monoisotopic (exact) mass is 339 g/mol. The van der Waals surface area contributed by atoms with Crippen molar-refractivity contribution in [3.05, 3.63) is 0 Å². The Morgan fingerprint density at radius 1 is 1.42 bits per heavy atom. The van der Waals surface area contributed by atoms with Gasteiger partial charge in [0.2, 0.25) is 5.91 Å². The van der Waals surface area contributed by atoms with Gasteiger partial charge < -0.3 is 15.4 Å². The smallest absolute Gasteiger partial charge is 0.325 e. The number of ether oxygens (including phenoxy) is 1. The number of rotatable bonds is 7. The molecule has 7 nitrogen and oxygen atoms in total. The summed E-state index contributed by atoms with van der Waals surface area (Å²) >= 11 is 0. The second-order valence-electron chi connectivity index (χ2n) is 7.06. The molecule has 2 atom stereocenters. The maximum absolute atomic E-state index is 12.7. The Morgan fingerprint density at radius 2 is 2.17 bits per heavy atom. The van der Waals surface area contributed by atoms with Gasteiger partial charge in [0.25, 0.3) is 5.91 Å². The summed E-state index contributed by atoms with van der Waals surface area (Å²) in [6.07, 6.45) is 4.44. The lowest BCUT2D eigenvalue weighted by molar-refractivity contribution is -0.137. The van der Waals surface area contributed by atoms with Crippen LogP contribution in [0.5, 0.6) is 0 Å². The summed E-state index contributed by atoms with van der Waals surface area (Å²) < 4.78 is 5.40. The molecule has 2 aliphatic rings. The Kier molecular flexibility index (Phi) is 6.21. The molecule has 0 unspecified atom stereocenters. The molecule has 0 radical (unpaired) electrons. The molecular weight excluding hydrogens is 310 g/mol. The molecule has 1 spiro atoms. The van der Waals surface area contributed by atoms with E-state index in [1.165, 1.54) is 0 Å². The average Bonchev–Trinajstić information content (AvgIpc) is 2.75. The molecule has 0 aromatic rings. The zero-order valence-corrected chi connectivity index (χ0v) is 14.9. The number of hydrogen-bond donors (Lipinski definition) is 2. The van der Waals surface area contributed by atoms with Gasteiger partial charge in [0.05, 0.1) is 6.10 Å². The van der Waals surface area contributed by atoms with E-state index in [1.807, 2.05) is 20.8 Å². The van der Waals surface area contributed by atoms with E-state index < -0.39 is 11.6 Å². The molecule has 7 heteroatoms. The Balaban J connectivity index is 1.83. The maximum Gasteiger partial charge on any atom is 0.325 e. The van der Waals surface area contributed by atoms with Gasteiger partial charge in [0.15, 0.2) is 0 Å². The topological polar surface area (TPSA) is 87.7 Å².